The molecule has 0 unspecified atom stereocenters. The van der Waals surface area contributed by atoms with Gasteiger partial charge in [0.25, 0.3) is 0 Å². The Morgan fingerprint density at radius 3 is 2.82 bits per heavy atom. The van der Waals surface area contributed by atoms with Gasteiger partial charge in [0.15, 0.2) is 5.69 Å². The Morgan fingerprint density at radius 1 is 1.41 bits per heavy atom. The molecule has 0 spiro atoms. The Kier molecular flexibility index (Phi) is 2.25. The van der Waals surface area contributed by atoms with Crippen molar-refractivity contribution in [2.75, 3.05) is 12.3 Å². The minimum Gasteiger partial charge on any atom is -0.476 e. The van der Waals surface area contributed by atoms with Gasteiger partial charge >= 0.3 is 5.97 Å². The molecule has 1 aromatic heterocycles. The van der Waals surface area contributed by atoms with Crippen molar-refractivity contribution < 1.29 is 9.90 Å². The summed E-state index contributed by atoms with van der Waals surface area (Å²) in [4.78, 5) is 21.5. The fourth-order valence-electron chi connectivity index (χ4n) is 2.38. The van der Waals surface area contributed by atoms with E-state index in [0.717, 1.165) is 24.2 Å². The van der Waals surface area contributed by atoms with Crippen LogP contribution in [0.4, 0.5) is 5.95 Å². The second-order valence-corrected chi connectivity index (χ2v) is 4.61. The Morgan fingerprint density at radius 2 is 2.18 bits per heavy atom. The van der Waals surface area contributed by atoms with Gasteiger partial charge in [0.05, 0.1) is 5.69 Å². The largest absolute Gasteiger partial charge is 0.476 e. The van der Waals surface area contributed by atoms with E-state index >= 15 is 0 Å². The van der Waals surface area contributed by atoms with E-state index in [1.54, 1.807) is 0 Å². The summed E-state index contributed by atoms with van der Waals surface area (Å²) in [5.41, 5.74) is 7.13. The average Bonchev–Trinajstić information content (AvgIpc) is 3.11. The first-order chi connectivity index (χ1) is 8.15. The Hall–Kier alpha value is -1.69. The van der Waals surface area contributed by atoms with Crippen LogP contribution in [0.3, 0.4) is 0 Å². The number of nitrogens with two attached hydrogens (primary N) is 1. The Balaban J connectivity index is 2.00. The molecule has 2 aliphatic rings. The van der Waals surface area contributed by atoms with Crippen LogP contribution in [0.2, 0.25) is 0 Å². The number of fused-ring (bicyclic) bond motifs is 1. The quantitative estimate of drug-likeness (QED) is 0.763. The van der Waals surface area contributed by atoms with Gasteiger partial charge in [-0.05, 0) is 12.8 Å². The third-order valence-electron chi connectivity index (χ3n) is 3.37. The van der Waals surface area contributed by atoms with Crippen molar-refractivity contribution in [2.45, 2.75) is 31.8 Å². The molecule has 1 saturated carbocycles. The van der Waals surface area contributed by atoms with Crippen LogP contribution in [0, 0.1) is 0 Å². The van der Waals surface area contributed by atoms with Crippen LogP contribution in [0.5, 0.6) is 0 Å². The molecule has 0 aromatic carbocycles. The lowest BCUT2D eigenvalue weighted by atomic mass is 10.0. The van der Waals surface area contributed by atoms with Crippen LogP contribution in [0.15, 0.2) is 0 Å². The predicted octanol–water partition coefficient (Wildman–Crippen LogP) is 0.277. The van der Waals surface area contributed by atoms with Crippen LogP contribution >= 0.6 is 0 Å². The summed E-state index contributed by atoms with van der Waals surface area (Å²) in [5, 5.41) is 9.14. The molecule has 1 aliphatic heterocycles. The molecule has 6 heteroatoms. The van der Waals surface area contributed by atoms with Gasteiger partial charge in [-0.1, -0.05) is 0 Å². The van der Waals surface area contributed by atoms with Crippen LogP contribution in [0.25, 0.3) is 0 Å². The predicted molar refractivity (Wildman–Crippen MR) is 60.5 cm³/mol. The van der Waals surface area contributed by atoms with E-state index < -0.39 is 5.97 Å². The van der Waals surface area contributed by atoms with Gasteiger partial charge in [-0.15, -0.1) is 0 Å². The Bertz CT molecular complexity index is 485. The summed E-state index contributed by atoms with van der Waals surface area (Å²) < 4.78 is 0. The zero-order valence-corrected chi connectivity index (χ0v) is 9.39. The standard InChI is InChI=1S/C11H14N4O2/c12-11-13-8-3-4-15(6-1-2-6)5-7(8)9(14-11)10(16)17/h6H,1-5H2,(H,16,17)(H2,12,13,14). The monoisotopic (exact) mass is 234 g/mol. The van der Waals surface area contributed by atoms with Crippen molar-refractivity contribution in [3.8, 4) is 0 Å². The minimum absolute atomic E-state index is 0.0565. The zero-order chi connectivity index (χ0) is 12.0. The van der Waals surface area contributed by atoms with E-state index in [-0.39, 0.29) is 11.6 Å². The topological polar surface area (TPSA) is 92.3 Å². The summed E-state index contributed by atoms with van der Waals surface area (Å²) >= 11 is 0. The summed E-state index contributed by atoms with van der Waals surface area (Å²) in [7, 11) is 0. The number of carbonyl (C=O) groups is 1. The van der Waals surface area contributed by atoms with Gasteiger partial charge in [0.1, 0.15) is 0 Å². The number of anilines is 1. The molecule has 90 valence electrons. The highest BCUT2D eigenvalue weighted by Gasteiger charge is 2.33. The molecule has 0 atom stereocenters. The van der Waals surface area contributed by atoms with Gasteiger partial charge in [-0.2, -0.15) is 0 Å². The molecule has 0 amide bonds. The number of aromatic nitrogens is 2. The van der Waals surface area contributed by atoms with Crippen molar-refractivity contribution in [2.24, 2.45) is 0 Å². The van der Waals surface area contributed by atoms with Crippen LogP contribution < -0.4 is 5.73 Å². The molecular weight excluding hydrogens is 220 g/mol. The molecule has 17 heavy (non-hydrogen) atoms. The summed E-state index contributed by atoms with van der Waals surface area (Å²) in [6.45, 7) is 1.58. The van der Waals surface area contributed by atoms with Gasteiger partial charge in [0.2, 0.25) is 5.95 Å². The first kappa shape index (κ1) is 10.5. The summed E-state index contributed by atoms with van der Waals surface area (Å²) in [6.07, 6.45) is 3.19. The summed E-state index contributed by atoms with van der Waals surface area (Å²) in [5.74, 6) is -0.964. The second kappa shape index (κ2) is 3.66. The molecule has 0 bridgehead atoms. The van der Waals surface area contributed by atoms with E-state index in [1.807, 2.05) is 0 Å². The first-order valence-corrected chi connectivity index (χ1v) is 5.78. The first-order valence-electron chi connectivity index (χ1n) is 5.78. The number of nitrogen functional groups attached to an aromatic ring is 1. The summed E-state index contributed by atoms with van der Waals surface area (Å²) in [6, 6.07) is 0.627. The van der Waals surface area contributed by atoms with E-state index in [9.17, 15) is 4.79 Å². The molecule has 2 heterocycles. The van der Waals surface area contributed by atoms with Gasteiger partial charge < -0.3 is 10.8 Å². The lowest BCUT2D eigenvalue weighted by Gasteiger charge is -2.28. The second-order valence-electron chi connectivity index (χ2n) is 4.61. The molecule has 0 radical (unpaired) electrons. The molecule has 6 nitrogen and oxygen atoms in total. The third-order valence-corrected chi connectivity index (χ3v) is 3.37. The molecule has 0 saturated heterocycles. The molecule has 3 rings (SSSR count). The highest BCUT2D eigenvalue weighted by Crippen LogP contribution is 2.32. The number of nitrogens with zero attached hydrogens (tertiary/aromatic N) is 3. The maximum atomic E-state index is 11.2. The minimum atomic E-state index is -1.02. The fraction of sp³-hybridized carbons (Fsp3) is 0.545. The lowest BCUT2D eigenvalue weighted by molar-refractivity contribution is 0.0686. The van der Waals surface area contributed by atoms with Gasteiger partial charge in [-0.25, -0.2) is 14.8 Å². The van der Waals surface area contributed by atoms with Gasteiger partial charge in [0, 0.05) is 31.1 Å². The van der Waals surface area contributed by atoms with E-state index in [1.165, 1.54) is 12.8 Å². The van der Waals surface area contributed by atoms with Crippen LogP contribution in [-0.4, -0.2) is 38.5 Å². The highest BCUT2D eigenvalue weighted by molar-refractivity contribution is 5.87. The number of carboxylic acid groups (broad SMARTS) is 1. The number of aromatic carboxylic acids is 1. The fourth-order valence-corrected chi connectivity index (χ4v) is 2.38. The maximum Gasteiger partial charge on any atom is 0.355 e. The van der Waals surface area contributed by atoms with E-state index in [4.69, 9.17) is 10.8 Å². The smallest absolute Gasteiger partial charge is 0.355 e. The molecule has 1 fully saturated rings. The van der Waals surface area contributed by atoms with Crippen molar-refractivity contribution in [3.63, 3.8) is 0 Å². The number of hydrogen-bond donors (Lipinski definition) is 2. The molecule has 1 aliphatic carbocycles. The number of hydrogen-bond acceptors (Lipinski definition) is 5. The van der Waals surface area contributed by atoms with Crippen molar-refractivity contribution >= 4 is 11.9 Å². The van der Waals surface area contributed by atoms with Gasteiger partial charge in [-0.3, -0.25) is 4.90 Å². The number of carboxylic acids is 1. The number of rotatable bonds is 2. The highest BCUT2D eigenvalue weighted by atomic mass is 16.4. The lowest BCUT2D eigenvalue weighted by Crippen LogP contribution is -2.34. The van der Waals surface area contributed by atoms with E-state index in [2.05, 4.69) is 14.9 Å². The van der Waals surface area contributed by atoms with Crippen molar-refractivity contribution in [3.05, 3.63) is 17.0 Å². The van der Waals surface area contributed by atoms with Crippen LogP contribution in [-0.2, 0) is 13.0 Å². The molecule has 3 N–H and O–H groups in total. The normalized spacial score (nSPS) is 20.0. The Labute approximate surface area is 98.5 Å². The molecule has 1 aromatic rings. The van der Waals surface area contributed by atoms with E-state index in [0.29, 0.717) is 12.6 Å². The zero-order valence-electron chi connectivity index (χ0n) is 9.39. The SMILES string of the molecule is Nc1nc2c(c(C(=O)O)n1)CN(C1CC1)CC2. The van der Waals surface area contributed by atoms with Crippen molar-refractivity contribution in [1.29, 1.82) is 0 Å². The average molecular weight is 234 g/mol. The van der Waals surface area contributed by atoms with Crippen molar-refractivity contribution in [1.82, 2.24) is 14.9 Å². The molecular formula is C11H14N4O2. The maximum absolute atomic E-state index is 11.2. The third kappa shape index (κ3) is 1.84. The van der Waals surface area contributed by atoms with Crippen LogP contribution in [0.1, 0.15) is 34.6 Å².